The third kappa shape index (κ3) is 3.98. The van der Waals surface area contributed by atoms with Gasteiger partial charge in [-0.1, -0.05) is 39.7 Å². The maximum atomic E-state index is 13.0. The number of ether oxygens (including phenoxy) is 3. The van der Waals surface area contributed by atoms with E-state index in [1.807, 2.05) is 24.3 Å². The number of methoxy groups -OCH3 is 2. The Balaban J connectivity index is 1.81. The van der Waals surface area contributed by atoms with Crippen molar-refractivity contribution in [3.63, 3.8) is 0 Å². The van der Waals surface area contributed by atoms with E-state index in [0.29, 0.717) is 41.8 Å². The first-order valence-electron chi connectivity index (χ1n) is 8.11. The maximum Gasteiger partial charge on any atom is 0.254 e. The molecule has 1 unspecified atom stereocenters. The number of hydrogen-bond acceptors (Lipinski definition) is 4. The highest BCUT2D eigenvalue weighted by molar-refractivity contribution is 9.10. The number of amides is 1. The van der Waals surface area contributed by atoms with Crippen molar-refractivity contribution >= 4 is 33.4 Å². The fourth-order valence-corrected chi connectivity index (χ4v) is 3.49. The largest absolute Gasteiger partial charge is 0.493 e. The molecule has 5 nitrogen and oxygen atoms in total. The summed E-state index contributed by atoms with van der Waals surface area (Å²) in [4.78, 5) is 14.7. The second-order valence-corrected chi connectivity index (χ2v) is 7.18. The SMILES string of the molecule is COc1cc(C(=O)N2CCOC(c3ccc(Br)cc3)C2)cc(Cl)c1OC. The van der Waals surface area contributed by atoms with Gasteiger partial charge in [0.05, 0.1) is 32.4 Å². The summed E-state index contributed by atoms with van der Waals surface area (Å²) in [5.41, 5.74) is 1.50. The fourth-order valence-electron chi connectivity index (χ4n) is 2.94. The van der Waals surface area contributed by atoms with Crippen molar-refractivity contribution in [2.45, 2.75) is 6.10 Å². The molecule has 0 saturated carbocycles. The van der Waals surface area contributed by atoms with Crippen molar-refractivity contribution < 1.29 is 19.0 Å². The lowest BCUT2D eigenvalue weighted by Gasteiger charge is -2.33. The molecule has 26 heavy (non-hydrogen) atoms. The van der Waals surface area contributed by atoms with E-state index in [4.69, 9.17) is 25.8 Å². The first kappa shape index (κ1) is 19.0. The van der Waals surface area contributed by atoms with Gasteiger partial charge in [-0.25, -0.2) is 0 Å². The molecule has 1 amide bonds. The van der Waals surface area contributed by atoms with Gasteiger partial charge in [-0.3, -0.25) is 4.79 Å². The summed E-state index contributed by atoms with van der Waals surface area (Å²) in [5.74, 6) is 0.736. The van der Waals surface area contributed by atoms with Gasteiger partial charge in [0, 0.05) is 16.6 Å². The summed E-state index contributed by atoms with van der Waals surface area (Å²) in [6.07, 6.45) is -0.156. The Kier molecular flexibility index (Phi) is 6.06. The lowest BCUT2D eigenvalue weighted by atomic mass is 10.1. The van der Waals surface area contributed by atoms with Crippen molar-refractivity contribution in [2.24, 2.45) is 0 Å². The minimum absolute atomic E-state index is 0.113. The molecular formula is C19H19BrClNO4. The van der Waals surface area contributed by atoms with E-state index in [-0.39, 0.29) is 12.0 Å². The molecule has 2 aromatic rings. The zero-order valence-corrected chi connectivity index (χ0v) is 16.8. The van der Waals surface area contributed by atoms with Gasteiger partial charge >= 0.3 is 0 Å². The molecule has 2 aromatic carbocycles. The van der Waals surface area contributed by atoms with Gasteiger partial charge in [-0.15, -0.1) is 0 Å². The van der Waals surface area contributed by atoms with Crippen molar-refractivity contribution in [2.75, 3.05) is 33.9 Å². The molecule has 7 heteroatoms. The summed E-state index contributed by atoms with van der Waals surface area (Å²) in [7, 11) is 3.02. The third-order valence-electron chi connectivity index (χ3n) is 4.28. The van der Waals surface area contributed by atoms with E-state index in [1.54, 1.807) is 17.0 Å². The molecule has 3 rings (SSSR count). The van der Waals surface area contributed by atoms with Crippen LogP contribution in [-0.4, -0.2) is 44.7 Å². The molecule has 0 N–H and O–H groups in total. The molecule has 1 heterocycles. The Morgan fingerprint density at radius 1 is 1.23 bits per heavy atom. The molecule has 0 bridgehead atoms. The van der Waals surface area contributed by atoms with Crippen LogP contribution >= 0.6 is 27.5 Å². The Morgan fingerprint density at radius 3 is 2.62 bits per heavy atom. The molecule has 1 saturated heterocycles. The van der Waals surface area contributed by atoms with Crippen molar-refractivity contribution in [3.8, 4) is 11.5 Å². The summed E-state index contributed by atoms with van der Waals surface area (Å²) in [6.45, 7) is 1.48. The second-order valence-electron chi connectivity index (χ2n) is 5.86. The van der Waals surface area contributed by atoms with Crippen molar-refractivity contribution in [3.05, 3.63) is 57.0 Å². The number of carbonyl (C=O) groups excluding carboxylic acids is 1. The lowest BCUT2D eigenvalue weighted by molar-refractivity contribution is -0.0228. The van der Waals surface area contributed by atoms with Crippen molar-refractivity contribution in [1.82, 2.24) is 4.90 Å². The number of rotatable bonds is 4. The standard InChI is InChI=1S/C19H19BrClNO4/c1-24-16-10-13(9-15(21)18(16)25-2)19(23)22-7-8-26-17(11-22)12-3-5-14(20)6-4-12/h3-6,9-10,17H,7-8,11H2,1-2H3. The lowest BCUT2D eigenvalue weighted by Crippen LogP contribution is -2.42. The van der Waals surface area contributed by atoms with E-state index in [2.05, 4.69) is 15.9 Å². The van der Waals surface area contributed by atoms with Crippen LogP contribution in [0.1, 0.15) is 22.0 Å². The average molecular weight is 441 g/mol. The van der Waals surface area contributed by atoms with Gasteiger partial charge in [-0.2, -0.15) is 0 Å². The van der Waals surface area contributed by atoms with Crippen LogP contribution in [0, 0.1) is 0 Å². The van der Waals surface area contributed by atoms with Crippen LogP contribution in [0.3, 0.4) is 0 Å². The minimum atomic E-state index is -0.156. The highest BCUT2D eigenvalue weighted by Crippen LogP contribution is 2.36. The first-order valence-corrected chi connectivity index (χ1v) is 9.28. The molecule has 1 atom stereocenters. The number of hydrogen-bond donors (Lipinski definition) is 0. The average Bonchev–Trinajstić information content (AvgIpc) is 2.67. The molecule has 1 aliphatic rings. The number of morpholine rings is 1. The van der Waals surface area contributed by atoms with Crippen LogP contribution in [0.2, 0.25) is 5.02 Å². The quantitative estimate of drug-likeness (QED) is 0.710. The molecule has 0 radical (unpaired) electrons. The molecule has 0 aromatic heterocycles. The Morgan fingerprint density at radius 2 is 1.96 bits per heavy atom. The number of benzene rings is 2. The van der Waals surface area contributed by atoms with Crippen LogP contribution in [0.5, 0.6) is 11.5 Å². The number of carbonyl (C=O) groups is 1. The van der Waals surface area contributed by atoms with Gasteiger partial charge in [0.15, 0.2) is 11.5 Å². The highest BCUT2D eigenvalue weighted by atomic mass is 79.9. The van der Waals surface area contributed by atoms with Crippen LogP contribution in [0.4, 0.5) is 0 Å². The third-order valence-corrected chi connectivity index (χ3v) is 5.09. The molecule has 1 aliphatic heterocycles. The van der Waals surface area contributed by atoms with Gasteiger partial charge in [0.25, 0.3) is 5.91 Å². The predicted octanol–water partition coefficient (Wildman–Crippen LogP) is 4.33. The van der Waals surface area contributed by atoms with E-state index < -0.39 is 0 Å². The minimum Gasteiger partial charge on any atom is -0.493 e. The van der Waals surface area contributed by atoms with Gasteiger partial charge in [0.2, 0.25) is 0 Å². The molecule has 0 aliphatic carbocycles. The summed E-state index contributed by atoms with van der Waals surface area (Å²) < 4.78 is 17.4. The molecule has 138 valence electrons. The zero-order chi connectivity index (χ0) is 18.7. The maximum absolute atomic E-state index is 13.0. The van der Waals surface area contributed by atoms with E-state index in [0.717, 1.165) is 10.0 Å². The zero-order valence-electron chi connectivity index (χ0n) is 14.5. The Bertz CT molecular complexity index is 797. The Hall–Kier alpha value is -1.76. The van der Waals surface area contributed by atoms with Gasteiger partial charge in [0.1, 0.15) is 6.10 Å². The van der Waals surface area contributed by atoms with Crippen LogP contribution in [-0.2, 0) is 4.74 Å². The molecular weight excluding hydrogens is 422 g/mol. The van der Waals surface area contributed by atoms with E-state index in [1.165, 1.54) is 14.2 Å². The normalized spacial score (nSPS) is 17.1. The second kappa shape index (κ2) is 8.29. The Labute approximate surface area is 165 Å². The first-order chi connectivity index (χ1) is 12.5. The van der Waals surface area contributed by atoms with Gasteiger partial charge in [-0.05, 0) is 29.8 Å². The van der Waals surface area contributed by atoms with Gasteiger partial charge < -0.3 is 19.1 Å². The molecule has 1 fully saturated rings. The van der Waals surface area contributed by atoms with E-state index in [9.17, 15) is 4.79 Å². The predicted molar refractivity (Wildman–Crippen MR) is 103 cm³/mol. The van der Waals surface area contributed by atoms with E-state index >= 15 is 0 Å². The summed E-state index contributed by atoms with van der Waals surface area (Å²) in [5, 5.41) is 0.341. The van der Waals surface area contributed by atoms with Crippen molar-refractivity contribution in [1.29, 1.82) is 0 Å². The topological polar surface area (TPSA) is 48.0 Å². The fraction of sp³-hybridized carbons (Fsp3) is 0.316. The monoisotopic (exact) mass is 439 g/mol. The number of halogens is 2. The van der Waals surface area contributed by atoms with Crippen LogP contribution in [0.15, 0.2) is 40.9 Å². The summed E-state index contributed by atoms with van der Waals surface area (Å²) >= 11 is 9.66. The highest BCUT2D eigenvalue weighted by Gasteiger charge is 2.27. The summed E-state index contributed by atoms with van der Waals surface area (Å²) in [6, 6.07) is 11.2. The van der Waals surface area contributed by atoms with Crippen LogP contribution in [0.25, 0.3) is 0 Å². The number of nitrogens with zero attached hydrogens (tertiary/aromatic N) is 1. The smallest absolute Gasteiger partial charge is 0.254 e. The van der Waals surface area contributed by atoms with Crippen LogP contribution < -0.4 is 9.47 Å². The molecule has 0 spiro atoms.